The summed E-state index contributed by atoms with van der Waals surface area (Å²) in [5.74, 6) is 0.318. The van der Waals surface area contributed by atoms with Gasteiger partial charge < -0.3 is 5.11 Å². The molecule has 0 aliphatic carbocycles. The molecule has 0 aliphatic rings. The van der Waals surface area contributed by atoms with E-state index < -0.39 is 20.8 Å². The number of aliphatic imine (C=N–C) groups is 1. The minimum absolute atomic E-state index is 0.247. The first-order valence-electron chi connectivity index (χ1n) is 11.8. The van der Waals surface area contributed by atoms with Crippen molar-refractivity contribution >= 4 is 23.2 Å². The molecule has 0 saturated carbocycles. The van der Waals surface area contributed by atoms with Crippen LogP contribution in [0.3, 0.4) is 0 Å². The molecule has 0 spiro atoms. The SMILES string of the molecule is CCCCCC(C)N=Cc1cc(-c2ccccc2)cc(C(C)(C)c2ccccc2)c1O.[Cl][Zr][Cl]. The molecule has 180 valence electrons. The van der Waals surface area contributed by atoms with Gasteiger partial charge in [0.15, 0.2) is 0 Å². The van der Waals surface area contributed by atoms with Crippen molar-refractivity contribution in [3.05, 3.63) is 89.5 Å². The number of hydrogen-bond donors (Lipinski definition) is 1. The Morgan fingerprint density at radius 3 is 2.12 bits per heavy atom. The van der Waals surface area contributed by atoms with Crippen LogP contribution in [0.1, 0.15) is 70.1 Å². The van der Waals surface area contributed by atoms with E-state index in [1.54, 1.807) is 0 Å². The molecule has 0 amide bonds. The molecule has 0 saturated heterocycles. The Kier molecular flexibility index (Phi) is 12.6. The number of aromatic hydroxyl groups is 1. The van der Waals surface area contributed by atoms with E-state index in [9.17, 15) is 5.11 Å². The van der Waals surface area contributed by atoms with E-state index in [2.05, 4.69) is 76.2 Å². The van der Waals surface area contributed by atoms with Gasteiger partial charge in [0.1, 0.15) is 5.75 Å². The molecule has 2 nitrogen and oxygen atoms in total. The number of halogens is 2. The van der Waals surface area contributed by atoms with Crippen molar-refractivity contribution in [1.82, 2.24) is 0 Å². The van der Waals surface area contributed by atoms with E-state index in [1.165, 1.54) is 24.8 Å². The Morgan fingerprint density at radius 2 is 1.53 bits per heavy atom. The van der Waals surface area contributed by atoms with Crippen molar-refractivity contribution < 1.29 is 26.0 Å². The fraction of sp³-hybridized carbons (Fsp3) is 0.345. The summed E-state index contributed by atoms with van der Waals surface area (Å²) in [4.78, 5) is 4.77. The summed E-state index contributed by atoms with van der Waals surface area (Å²) in [5.41, 5.74) is 4.76. The molecule has 3 aromatic carbocycles. The molecule has 0 aliphatic heterocycles. The second-order valence-electron chi connectivity index (χ2n) is 9.01. The van der Waals surface area contributed by atoms with Crippen molar-refractivity contribution in [2.45, 2.75) is 64.8 Å². The van der Waals surface area contributed by atoms with Gasteiger partial charge in [0, 0.05) is 28.8 Å². The van der Waals surface area contributed by atoms with Gasteiger partial charge in [-0.1, -0.05) is 101 Å². The van der Waals surface area contributed by atoms with E-state index in [-0.39, 0.29) is 11.5 Å². The Labute approximate surface area is 224 Å². The summed E-state index contributed by atoms with van der Waals surface area (Å²) < 4.78 is 0. The number of nitrogens with zero attached hydrogens (tertiary/aromatic N) is 1. The van der Waals surface area contributed by atoms with Crippen LogP contribution in [0.15, 0.2) is 77.8 Å². The van der Waals surface area contributed by atoms with Crippen LogP contribution in [-0.4, -0.2) is 17.4 Å². The van der Waals surface area contributed by atoms with Gasteiger partial charge in [0.25, 0.3) is 0 Å². The first-order valence-corrected chi connectivity index (χ1v) is 18.2. The van der Waals surface area contributed by atoms with Crippen LogP contribution >= 0.6 is 17.0 Å². The number of benzene rings is 3. The van der Waals surface area contributed by atoms with Crippen LogP contribution in [0.5, 0.6) is 5.75 Å². The zero-order valence-electron chi connectivity index (χ0n) is 20.6. The Morgan fingerprint density at radius 1 is 0.941 bits per heavy atom. The van der Waals surface area contributed by atoms with Crippen molar-refractivity contribution in [2.24, 2.45) is 4.99 Å². The van der Waals surface area contributed by atoms with Crippen LogP contribution < -0.4 is 0 Å². The van der Waals surface area contributed by atoms with Crippen molar-refractivity contribution in [1.29, 1.82) is 0 Å². The van der Waals surface area contributed by atoms with Crippen LogP contribution in [0.25, 0.3) is 11.1 Å². The van der Waals surface area contributed by atoms with Gasteiger partial charge >= 0.3 is 37.9 Å². The standard InChI is InChI=1S/C29H35NO.2ClH.Zr/c1-5-6-9-14-22(2)30-21-25-19-24(23-15-10-7-11-16-23)20-27(28(25)31)29(3,4)26-17-12-8-13-18-26;;;/h7-8,10-13,15-22,31H,5-6,9,14H2,1-4H3;2*1H;/q;;;+2/p-2. The summed E-state index contributed by atoms with van der Waals surface area (Å²) in [6.45, 7) is 8.71. The predicted molar refractivity (Wildman–Crippen MR) is 145 cm³/mol. The van der Waals surface area contributed by atoms with Gasteiger partial charge in [-0.15, -0.1) is 0 Å². The molecule has 34 heavy (non-hydrogen) atoms. The van der Waals surface area contributed by atoms with Crippen molar-refractivity contribution in [2.75, 3.05) is 0 Å². The fourth-order valence-corrected chi connectivity index (χ4v) is 4.01. The molecule has 1 atom stereocenters. The number of unbranched alkanes of at least 4 members (excludes halogenated alkanes) is 2. The van der Waals surface area contributed by atoms with Crippen LogP contribution in [-0.2, 0) is 26.3 Å². The van der Waals surface area contributed by atoms with E-state index >= 15 is 0 Å². The van der Waals surface area contributed by atoms with E-state index in [1.807, 2.05) is 30.5 Å². The number of phenols is 1. The second kappa shape index (κ2) is 14.9. The second-order valence-corrected chi connectivity index (χ2v) is 12.7. The molecule has 3 rings (SSSR count). The third kappa shape index (κ3) is 8.37. The fourth-order valence-electron chi connectivity index (χ4n) is 4.01. The zero-order chi connectivity index (χ0) is 25.0. The summed E-state index contributed by atoms with van der Waals surface area (Å²) in [6.07, 6.45) is 6.59. The average molecular weight is 576 g/mol. The maximum absolute atomic E-state index is 11.3. The van der Waals surface area contributed by atoms with E-state index in [4.69, 9.17) is 22.0 Å². The number of phenolic OH excluding ortho intramolecular Hbond substituents is 1. The van der Waals surface area contributed by atoms with E-state index in [0.717, 1.165) is 28.7 Å². The molecule has 1 unspecified atom stereocenters. The quantitative estimate of drug-likeness (QED) is 0.200. The Bertz CT molecular complexity index is 1020. The van der Waals surface area contributed by atoms with Gasteiger partial charge in [-0.3, -0.25) is 4.99 Å². The first-order chi connectivity index (χ1) is 16.3. The van der Waals surface area contributed by atoms with Crippen LogP contribution in [0, 0.1) is 0 Å². The summed E-state index contributed by atoms with van der Waals surface area (Å²) in [7, 11) is 9.87. The molecular weight excluding hydrogens is 540 g/mol. The van der Waals surface area contributed by atoms with Gasteiger partial charge in [-0.2, -0.15) is 0 Å². The summed E-state index contributed by atoms with van der Waals surface area (Å²) in [6, 6.07) is 25.1. The molecule has 0 radical (unpaired) electrons. The molecule has 1 N–H and O–H groups in total. The molecule has 0 bridgehead atoms. The third-order valence-corrected chi connectivity index (χ3v) is 6.11. The number of hydrogen-bond acceptors (Lipinski definition) is 2. The van der Waals surface area contributed by atoms with E-state index in [0.29, 0.717) is 5.75 Å². The van der Waals surface area contributed by atoms with Crippen LogP contribution in [0.4, 0.5) is 0 Å². The van der Waals surface area contributed by atoms with Gasteiger partial charge in [0.2, 0.25) is 0 Å². The third-order valence-electron chi connectivity index (χ3n) is 6.11. The topological polar surface area (TPSA) is 32.6 Å². The Balaban J connectivity index is 0.00000129. The predicted octanol–water partition coefficient (Wildman–Crippen LogP) is 9.15. The molecular formula is C29H35Cl2NOZr. The Hall–Kier alpha value is -1.41. The van der Waals surface area contributed by atoms with Crippen LogP contribution in [0.2, 0.25) is 0 Å². The zero-order valence-corrected chi connectivity index (χ0v) is 24.5. The molecule has 0 heterocycles. The summed E-state index contributed by atoms with van der Waals surface area (Å²) in [5, 5.41) is 11.3. The first kappa shape index (κ1) is 28.8. The average Bonchev–Trinajstić information content (AvgIpc) is 2.85. The van der Waals surface area contributed by atoms with Gasteiger partial charge in [-0.05, 0) is 42.2 Å². The molecule has 0 fully saturated rings. The molecule has 3 aromatic rings. The van der Waals surface area contributed by atoms with Gasteiger partial charge in [0.05, 0.1) is 0 Å². The van der Waals surface area contributed by atoms with Crippen molar-refractivity contribution in [3.63, 3.8) is 0 Å². The van der Waals surface area contributed by atoms with Gasteiger partial charge in [-0.25, -0.2) is 0 Å². The number of rotatable bonds is 9. The molecule has 0 aromatic heterocycles. The summed E-state index contributed by atoms with van der Waals surface area (Å²) >= 11 is -0.826. The maximum atomic E-state index is 11.3. The normalized spacial score (nSPS) is 12.2. The monoisotopic (exact) mass is 573 g/mol. The van der Waals surface area contributed by atoms with Crippen molar-refractivity contribution in [3.8, 4) is 16.9 Å². The molecule has 5 heteroatoms. The minimum atomic E-state index is -0.826.